The van der Waals surface area contributed by atoms with Gasteiger partial charge in [0.05, 0.1) is 0 Å². The van der Waals surface area contributed by atoms with E-state index >= 15 is 0 Å². The third-order valence-electron chi connectivity index (χ3n) is 3.73. The zero-order chi connectivity index (χ0) is 13.8. The summed E-state index contributed by atoms with van der Waals surface area (Å²) in [6.07, 6.45) is 2.38. The predicted octanol–water partition coefficient (Wildman–Crippen LogP) is 1.22. The van der Waals surface area contributed by atoms with Gasteiger partial charge in [-0.25, -0.2) is 4.98 Å². The quantitative estimate of drug-likeness (QED) is 0.886. The van der Waals surface area contributed by atoms with Crippen LogP contribution in [0.25, 0.3) is 0 Å². The maximum atomic E-state index is 12.3. The van der Waals surface area contributed by atoms with Gasteiger partial charge in [-0.1, -0.05) is 13.0 Å². The first-order valence-corrected chi connectivity index (χ1v) is 6.84. The van der Waals surface area contributed by atoms with Crippen molar-refractivity contribution in [1.29, 1.82) is 0 Å². The zero-order valence-corrected chi connectivity index (χ0v) is 11.7. The molecule has 5 heteroatoms. The van der Waals surface area contributed by atoms with Crippen molar-refractivity contribution in [2.24, 2.45) is 0 Å². The highest BCUT2D eigenvalue weighted by atomic mass is 16.2. The number of amides is 1. The maximum absolute atomic E-state index is 12.3. The number of anilines is 1. The highest BCUT2D eigenvalue weighted by molar-refractivity contribution is 5.92. The summed E-state index contributed by atoms with van der Waals surface area (Å²) in [7, 11) is 1.83. The normalized spacial score (nSPS) is 19.6. The molecular weight excluding hydrogens is 240 g/mol. The van der Waals surface area contributed by atoms with E-state index in [1.807, 2.05) is 7.05 Å². The number of hydrogen-bond acceptors (Lipinski definition) is 4. The number of pyridine rings is 1. The molecule has 2 rings (SSSR count). The average Bonchev–Trinajstić information content (AvgIpc) is 2.85. The van der Waals surface area contributed by atoms with Crippen molar-refractivity contribution in [3.63, 3.8) is 0 Å². The Kier molecular flexibility index (Phi) is 4.37. The number of carbonyl (C=O) groups is 1. The summed E-state index contributed by atoms with van der Waals surface area (Å²) in [6.45, 7) is 5.10. The lowest BCUT2D eigenvalue weighted by Crippen LogP contribution is -2.41. The van der Waals surface area contributed by atoms with E-state index in [4.69, 9.17) is 5.73 Å². The molecule has 1 aliphatic rings. The van der Waals surface area contributed by atoms with Gasteiger partial charge in [0.1, 0.15) is 11.5 Å². The summed E-state index contributed by atoms with van der Waals surface area (Å²) in [5.74, 6) is 0.325. The number of nitrogen functional groups attached to an aromatic ring is 1. The molecule has 5 nitrogen and oxygen atoms in total. The summed E-state index contributed by atoms with van der Waals surface area (Å²) in [6, 6.07) is 5.63. The Hall–Kier alpha value is -1.62. The number of rotatable bonds is 4. The zero-order valence-electron chi connectivity index (χ0n) is 11.7. The number of likely N-dealkylation sites (tertiary alicyclic amines) is 1. The second kappa shape index (κ2) is 6.02. The van der Waals surface area contributed by atoms with E-state index in [-0.39, 0.29) is 5.91 Å². The second-order valence-corrected chi connectivity index (χ2v) is 5.06. The summed E-state index contributed by atoms with van der Waals surface area (Å²) < 4.78 is 0. The molecule has 1 aliphatic heterocycles. The fourth-order valence-electron chi connectivity index (χ4n) is 2.68. The third kappa shape index (κ3) is 3.23. The molecule has 2 heterocycles. The molecular formula is C14H22N4O. The van der Waals surface area contributed by atoms with Crippen molar-refractivity contribution in [3.05, 3.63) is 23.9 Å². The first-order chi connectivity index (χ1) is 9.11. The van der Waals surface area contributed by atoms with Crippen LogP contribution in [0.1, 0.15) is 30.3 Å². The van der Waals surface area contributed by atoms with Gasteiger partial charge in [-0.3, -0.25) is 9.69 Å². The molecule has 0 spiro atoms. The molecule has 0 saturated carbocycles. The Labute approximate surface area is 114 Å². The van der Waals surface area contributed by atoms with Gasteiger partial charge in [-0.15, -0.1) is 0 Å². The van der Waals surface area contributed by atoms with Gasteiger partial charge < -0.3 is 10.6 Å². The van der Waals surface area contributed by atoms with Crippen LogP contribution < -0.4 is 5.73 Å². The second-order valence-electron chi connectivity index (χ2n) is 5.06. The average molecular weight is 262 g/mol. The first-order valence-electron chi connectivity index (χ1n) is 6.84. The van der Waals surface area contributed by atoms with Crippen molar-refractivity contribution in [3.8, 4) is 0 Å². The minimum atomic E-state index is -0.0600. The molecule has 0 aromatic carbocycles. The van der Waals surface area contributed by atoms with Crippen LogP contribution in [0.15, 0.2) is 18.2 Å². The molecule has 1 aromatic heterocycles. The summed E-state index contributed by atoms with van der Waals surface area (Å²) in [5.41, 5.74) is 6.03. The number of aromatic nitrogens is 1. The van der Waals surface area contributed by atoms with Crippen molar-refractivity contribution >= 4 is 11.7 Å². The Morgan fingerprint density at radius 3 is 3.05 bits per heavy atom. The van der Waals surface area contributed by atoms with Crippen LogP contribution in [0.5, 0.6) is 0 Å². The Balaban J connectivity index is 1.99. The number of nitrogens with zero attached hydrogens (tertiary/aromatic N) is 3. The summed E-state index contributed by atoms with van der Waals surface area (Å²) in [4.78, 5) is 20.5. The van der Waals surface area contributed by atoms with Gasteiger partial charge in [-0.2, -0.15) is 0 Å². The maximum Gasteiger partial charge on any atom is 0.272 e. The molecule has 1 fully saturated rings. The fraction of sp³-hybridized carbons (Fsp3) is 0.571. The number of nitrogens with two attached hydrogens (primary N) is 1. The van der Waals surface area contributed by atoms with E-state index in [0.717, 1.165) is 26.1 Å². The van der Waals surface area contributed by atoms with Crippen molar-refractivity contribution < 1.29 is 4.79 Å². The molecule has 1 saturated heterocycles. The molecule has 1 amide bonds. The largest absolute Gasteiger partial charge is 0.384 e. The topological polar surface area (TPSA) is 62.5 Å². The number of carbonyl (C=O) groups excluding carboxylic acids is 1. The first kappa shape index (κ1) is 13.8. The minimum Gasteiger partial charge on any atom is -0.384 e. The molecule has 0 bridgehead atoms. The lowest BCUT2D eigenvalue weighted by atomic mass is 10.2. The highest BCUT2D eigenvalue weighted by Crippen LogP contribution is 2.17. The summed E-state index contributed by atoms with van der Waals surface area (Å²) in [5, 5.41) is 0. The van der Waals surface area contributed by atoms with Crippen molar-refractivity contribution in [2.45, 2.75) is 25.8 Å². The molecule has 0 radical (unpaired) electrons. The highest BCUT2D eigenvalue weighted by Gasteiger charge is 2.26. The molecule has 0 unspecified atom stereocenters. The van der Waals surface area contributed by atoms with E-state index in [0.29, 0.717) is 17.6 Å². The van der Waals surface area contributed by atoms with Gasteiger partial charge in [0.15, 0.2) is 0 Å². The summed E-state index contributed by atoms with van der Waals surface area (Å²) >= 11 is 0. The van der Waals surface area contributed by atoms with E-state index in [1.54, 1.807) is 23.1 Å². The van der Waals surface area contributed by atoms with Crippen LogP contribution in [-0.2, 0) is 0 Å². The number of likely N-dealkylation sites (N-methyl/N-ethyl adjacent to an activating group) is 2. The molecule has 104 valence electrons. The fourth-order valence-corrected chi connectivity index (χ4v) is 2.68. The molecule has 1 aromatic rings. The Bertz CT molecular complexity index is 449. The SMILES string of the molecule is CCN1CCC[C@@H]1CN(C)C(=O)c1cccc(N)n1. The standard InChI is InChI=1S/C14H22N4O/c1-3-18-9-5-6-11(18)10-17(2)14(19)12-7-4-8-13(15)16-12/h4,7-8,11H,3,5-6,9-10H2,1-2H3,(H2,15,16)/t11-/m1/s1. The van der Waals surface area contributed by atoms with E-state index in [2.05, 4.69) is 16.8 Å². The lowest BCUT2D eigenvalue weighted by Gasteiger charge is -2.27. The van der Waals surface area contributed by atoms with E-state index < -0.39 is 0 Å². The predicted molar refractivity (Wildman–Crippen MR) is 75.9 cm³/mol. The van der Waals surface area contributed by atoms with Crippen molar-refractivity contribution in [1.82, 2.24) is 14.8 Å². The van der Waals surface area contributed by atoms with Crippen LogP contribution in [-0.4, -0.2) is 53.4 Å². The van der Waals surface area contributed by atoms with Crippen LogP contribution in [0, 0.1) is 0 Å². The van der Waals surface area contributed by atoms with E-state index in [1.165, 1.54) is 6.42 Å². The van der Waals surface area contributed by atoms with Gasteiger partial charge in [0.2, 0.25) is 0 Å². The molecule has 2 N–H and O–H groups in total. The third-order valence-corrected chi connectivity index (χ3v) is 3.73. The molecule has 19 heavy (non-hydrogen) atoms. The van der Waals surface area contributed by atoms with E-state index in [9.17, 15) is 4.79 Å². The minimum absolute atomic E-state index is 0.0600. The van der Waals surface area contributed by atoms with Crippen LogP contribution >= 0.6 is 0 Å². The van der Waals surface area contributed by atoms with Gasteiger partial charge >= 0.3 is 0 Å². The smallest absolute Gasteiger partial charge is 0.272 e. The lowest BCUT2D eigenvalue weighted by molar-refractivity contribution is 0.0749. The molecule has 0 aliphatic carbocycles. The van der Waals surface area contributed by atoms with Crippen LogP contribution in [0.4, 0.5) is 5.82 Å². The van der Waals surface area contributed by atoms with Crippen molar-refractivity contribution in [2.75, 3.05) is 32.4 Å². The van der Waals surface area contributed by atoms with Gasteiger partial charge in [-0.05, 0) is 38.1 Å². The van der Waals surface area contributed by atoms with Crippen LogP contribution in [0.3, 0.4) is 0 Å². The monoisotopic (exact) mass is 262 g/mol. The molecule has 1 atom stereocenters. The Morgan fingerprint density at radius 2 is 2.37 bits per heavy atom. The number of hydrogen-bond donors (Lipinski definition) is 1. The Morgan fingerprint density at radius 1 is 1.58 bits per heavy atom. The van der Waals surface area contributed by atoms with Crippen LogP contribution in [0.2, 0.25) is 0 Å². The van der Waals surface area contributed by atoms with Gasteiger partial charge in [0, 0.05) is 19.6 Å². The van der Waals surface area contributed by atoms with Gasteiger partial charge in [0.25, 0.3) is 5.91 Å².